The molecule has 3 N–H and O–H groups in total. The van der Waals surface area contributed by atoms with Crippen molar-refractivity contribution in [3.05, 3.63) is 48.2 Å². The minimum Gasteiger partial charge on any atom is -0.326 e. The fraction of sp³-hybridized carbons (Fsp3) is 0.0769. The van der Waals surface area contributed by atoms with Crippen LogP contribution >= 0.6 is 0 Å². The summed E-state index contributed by atoms with van der Waals surface area (Å²) in [6.45, 7) is 0.466. The third kappa shape index (κ3) is 2.58. The number of hydrogen-bond acceptors (Lipinski definition) is 6. The highest BCUT2D eigenvalue weighted by Crippen LogP contribution is 2.30. The second-order valence-electron chi connectivity index (χ2n) is 4.49. The summed E-state index contributed by atoms with van der Waals surface area (Å²) in [4.78, 5) is 6.10. The highest BCUT2D eigenvalue weighted by atomic mass is 32.2. The molecule has 1 aliphatic heterocycles. The molecular formula is C13H13N5O2S. The lowest BCUT2D eigenvalue weighted by Crippen LogP contribution is -2.26. The number of rotatable bonds is 3. The molecule has 0 radical (unpaired) electrons. The molecule has 108 valence electrons. The van der Waals surface area contributed by atoms with E-state index in [1.54, 1.807) is 41.4 Å². The normalized spacial score (nSPS) is 15.6. The summed E-state index contributed by atoms with van der Waals surface area (Å²) in [5.41, 5.74) is 3.97. The van der Waals surface area contributed by atoms with Crippen molar-refractivity contribution in [3.8, 4) is 0 Å². The number of hydrazine groups is 1. The van der Waals surface area contributed by atoms with E-state index in [1.807, 2.05) is 6.07 Å². The number of pyridine rings is 1. The van der Waals surface area contributed by atoms with E-state index in [2.05, 4.69) is 14.8 Å². The molecule has 0 amide bonds. The molecule has 0 spiro atoms. The van der Waals surface area contributed by atoms with Crippen molar-refractivity contribution in [1.29, 1.82) is 0 Å². The third-order valence-corrected chi connectivity index (χ3v) is 4.38. The van der Waals surface area contributed by atoms with E-state index in [1.165, 1.54) is 6.34 Å². The van der Waals surface area contributed by atoms with Crippen LogP contribution in [0.4, 0.5) is 11.5 Å². The lowest BCUT2D eigenvalue weighted by molar-refractivity contribution is 0.597. The lowest BCUT2D eigenvalue weighted by atomic mass is 10.2. The number of hydrogen-bond donors (Lipinski definition) is 2. The van der Waals surface area contributed by atoms with Crippen molar-refractivity contribution in [2.75, 3.05) is 10.3 Å². The molecule has 2 aromatic rings. The van der Waals surface area contributed by atoms with Gasteiger partial charge in [0.2, 0.25) is 0 Å². The number of fused-ring (bicyclic) bond motifs is 1. The first-order chi connectivity index (χ1) is 10.1. The molecule has 1 aromatic heterocycles. The molecule has 21 heavy (non-hydrogen) atoms. The molecule has 0 aliphatic carbocycles. The van der Waals surface area contributed by atoms with Crippen molar-refractivity contribution < 1.29 is 8.42 Å². The Morgan fingerprint density at radius 3 is 2.71 bits per heavy atom. The van der Waals surface area contributed by atoms with Crippen molar-refractivity contribution in [2.24, 2.45) is 10.2 Å². The van der Waals surface area contributed by atoms with Crippen LogP contribution in [0.15, 0.2) is 51.9 Å². The Balaban J connectivity index is 1.93. The molecule has 0 atom stereocenters. The zero-order chi connectivity index (χ0) is 14.9. The van der Waals surface area contributed by atoms with Gasteiger partial charge in [0, 0.05) is 6.20 Å². The summed E-state index contributed by atoms with van der Waals surface area (Å²) >= 11 is 0. The third-order valence-electron chi connectivity index (χ3n) is 3.10. The quantitative estimate of drug-likeness (QED) is 0.650. The maximum absolute atomic E-state index is 11.9. The van der Waals surface area contributed by atoms with Gasteiger partial charge in [-0.2, -0.15) is 8.42 Å². The fourth-order valence-corrected chi connectivity index (χ4v) is 3.13. The first-order valence-electron chi connectivity index (χ1n) is 6.18. The molecular weight excluding hydrogens is 290 g/mol. The van der Waals surface area contributed by atoms with Crippen LogP contribution < -0.4 is 16.2 Å². The Morgan fingerprint density at radius 1 is 1.19 bits per heavy atom. The largest absolute Gasteiger partial charge is 0.326 e. The topological polar surface area (TPSA) is 101 Å². The molecule has 1 aliphatic rings. The first-order valence-corrected chi connectivity index (χ1v) is 7.62. The first kappa shape index (κ1) is 13.5. The molecule has 0 unspecified atom stereocenters. The van der Waals surface area contributed by atoms with Gasteiger partial charge in [0.1, 0.15) is 17.1 Å². The van der Waals surface area contributed by atoms with Gasteiger partial charge in [-0.05, 0) is 23.8 Å². The summed E-state index contributed by atoms with van der Waals surface area (Å²) in [6.07, 6.45) is 3.00. The van der Waals surface area contributed by atoms with Crippen molar-refractivity contribution in [2.45, 2.75) is 11.4 Å². The summed E-state index contributed by atoms with van der Waals surface area (Å²) in [5, 5.41) is 0. The molecule has 7 nitrogen and oxygen atoms in total. The molecule has 2 heterocycles. The van der Waals surface area contributed by atoms with Crippen LogP contribution in [-0.2, 0) is 16.6 Å². The lowest BCUT2D eigenvalue weighted by Gasteiger charge is -2.24. The maximum atomic E-state index is 11.9. The van der Waals surface area contributed by atoms with E-state index in [4.69, 9.17) is 5.84 Å². The number of sulfonamides is 1. The molecule has 0 saturated heterocycles. The summed E-state index contributed by atoms with van der Waals surface area (Å²) in [7, 11) is -3.59. The fourth-order valence-electron chi connectivity index (χ4n) is 2.08. The van der Waals surface area contributed by atoms with Crippen LogP contribution in [0.25, 0.3) is 0 Å². The number of para-hydroxylation sites is 1. The monoisotopic (exact) mass is 303 g/mol. The van der Waals surface area contributed by atoms with Gasteiger partial charge < -0.3 is 10.3 Å². The molecule has 0 saturated carbocycles. The van der Waals surface area contributed by atoms with Crippen molar-refractivity contribution >= 4 is 27.9 Å². The number of nitrogens with one attached hydrogen (secondary N) is 1. The van der Waals surface area contributed by atoms with E-state index in [-0.39, 0.29) is 4.90 Å². The van der Waals surface area contributed by atoms with Gasteiger partial charge in [0.25, 0.3) is 10.0 Å². The van der Waals surface area contributed by atoms with Crippen LogP contribution in [0, 0.1) is 0 Å². The van der Waals surface area contributed by atoms with Gasteiger partial charge in [-0.1, -0.05) is 18.2 Å². The number of benzene rings is 1. The zero-order valence-electron chi connectivity index (χ0n) is 11.0. The molecule has 3 rings (SSSR count). The second kappa shape index (κ2) is 5.15. The van der Waals surface area contributed by atoms with Gasteiger partial charge in [0.15, 0.2) is 0 Å². The Bertz CT molecular complexity index is 786. The number of nitrogen functional groups attached to an aromatic ring is 1. The summed E-state index contributed by atoms with van der Waals surface area (Å²) in [5.74, 6) is 5.83. The van der Waals surface area contributed by atoms with Gasteiger partial charge in [0.05, 0.1) is 12.2 Å². The van der Waals surface area contributed by atoms with E-state index < -0.39 is 10.0 Å². The molecule has 0 bridgehead atoms. The number of anilines is 2. The SMILES string of the molecule is NNc1ccc(CN2C=NS(=O)(=O)c3ccccc32)cn1. The van der Waals surface area contributed by atoms with Crippen molar-refractivity contribution in [1.82, 2.24) is 4.98 Å². The Kier molecular flexibility index (Phi) is 3.32. The minimum absolute atomic E-state index is 0.209. The van der Waals surface area contributed by atoms with E-state index in [9.17, 15) is 8.42 Å². The number of nitrogens with zero attached hydrogens (tertiary/aromatic N) is 3. The second-order valence-corrected chi connectivity index (χ2v) is 6.09. The predicted octanol–water partition coefficient (Wildman–Crippen LogP) is 1.10. The Hall–Kier alpha value is -2.45. The minimum atomic E-state index is -3.59. The predicted molar refractivity (Wildman–Crippen MR) is 80.3 cm³/mol. The van der Waals surface area contributed by atoms with Crippen LogP contribution in [0.2, 0.25) is 0 Å². The smallest absolute Gasteiger partial charge is 0.285 e. The highest BCUT2D eigenvalue weighted by molar-refractivity contribution is 7.90. The average molecular weight is 303 g/mol. The zero-order valence-corrected chi connectivity index (χ0v) is 11.8. The van der Waals surface area contributed by atoms with E-state index in [0.29, 0.717) is 18.1 Å². The Morgan fingerprint density at radius 2 is 2.00 bits per heavy atom. The summed E-state index contributed by atoms with van der Waals surface area (Å²) < 4.78 is 27.4. The van der Waals surface area contributed by atoms with Crippen molar-refractivity contribution in [3.63, 3.8) is 0 Å². The van der Waals surface area contributed by atoms with E-state index >= 15 is 0 Å². The highest BCUT2D eigenvalue weighted by Gasteiger charge is 2.24. The summed E-state index contributed by atoms with van der Waals surface area (Å²) in [6, 6.07) is 10.4. The van der Waals surface area contributed by atoms with Crippen LogP contribution in [0.3, 0.4) is 0 Å². The Labute approximate surface area is 122 Å². The van der Waals surface area contributed by atoms with Crippen LogP contribution in [-0.4, -0.2) is 19.7 Å². The van der Waals surface area contributed by atoms with Gasteiger partial charge in [-0.15, -0.1) is 4.40 Å². The molecule has 0 fully saturated rings. The standard InChI is InChI=1S/C13H13N5O2S/c14-17-13-6-5-10(7-15-13)8-18-9-16-21(19,20)12-4-2-1-3-11(12)18/h1-7,9H,8,14H2,(H,15,17). The van der Waals surface area contributed by atoms with Gasteiger partial charge in [-0.25, -0.2) is 10.8 Å². The van der Waals surface area contributed by atoms with Crippen LogP contribution in [0.1, 0.15) is 5.56 Å². The average Bonchev–Trinajstić information content (AvgIpc) is 2.51. The maximum Gasteiger partial charge on any atom is 0.285 e. The number of aromatic nitrogens is 1. The number of nitrogens with two attached hydrogens (primary N) is 1. The van der Waals surface area contributed by atoms with E-state index in [0.717, 1.165) is 5.56 Å². The molecule has 8 heteroatoms. The van der Waals surface area contributed by atoms with Gasteiger partial charge in [-0.3, -0.25) is 0 Å². The molecule has 1 aromatic carbocycles. The van der Waals surface area contributed by atoms with Gasteiger partial charge >= 0.3 is 0 Å². The van der Waals surface area contributed by atoms with Crippen LogP contribution in [0.5, 0.6) is 0 Å².